The van der Waals surface area contributed by atoms with Gasteiger partial charge in [-0.25, -0.2) is 5.06 Å². The zero-order valence-corrected chi connectivity index (χ0v) is 15.2. The van der Waals surface area contributed by atoms with Crippen LogP contribution in [0.4, 0.5) is 0 Å². The summed E-state index contributed by atoms with van der Waals surface area (Å²) in [5.74, 6) is -0.284. The zero-order valence-electron chi connectivity index (χ0n) is 15.2. The maximum absolute atomic E-state index is 12.5. The fourth-order valence-electron chi connectivity index (χ4n) is 3.58. The lowest BCUT2D eigenvalue weighted by atomic mass is 9.69. The summed E-state index contributed by atoms with van der Waals surface area (Å²) in [4.78, 5) is 21.8. The van der Waals surface area contributed by atoms with Crippen molar-refractivity contribution >= 4 is 12.0 Å². The standard InChI is InChI=1S/C21H20N4O2/c1-25(27-2)20(26)19-17-10-11-21(13-18(17)23-24-19,15-7-4-3-5-8-15)16-9-6-12-22-14-16/h3-12,14H,13H2,1-2H3,(H,23,24). The SMILES string of the molecule is CON(C)C(=O)c1n[nH]c2c1C=CC(c1ccccc1)(c1cccnc1)C2. The van der Waals surface area contributed by atoms with Crippen molar-refractivity contribution in [2.24, 2.45) is 0 Å². The highest BCUT2D eigenvalue weighted by Crippen LogP contribution is 2.41. The molecule has 0 bridgehead atoms. The highest BCUT2D eigenvalue weighted by atomic mass is 16.7. The summed E-state index contributed by atoms with van der Waals surface area (Å²) in [5.41, 5.74) is 3.96. The molecule has 27 heavy (non-hydrogen) atoms. The Balaban J connectivity index is 1.82. The van der Waals surface area contributed by atoms with Crippen LogP contribution in [0.25, 0.3) is 6.08 Å². The van der Waals surface area contributed by atoms with Gasteiger partial charge in [0.05, 0.1) is 7.11 Å². The number of rotatable bonds is 4. The van der Waals surface area contributed by atoms with Crippen LogP contribution in [-0.2, 0) is 16.7 Å². The number of fused-ring (bicyclic) bond motifs is 1. The average Bonchev–Trinajstić information content (AvgIpc) is 3.16. The first-order chi connectivity index (χ1) is 13.2. The summed E-state index contributed by atoms with van der Waals surface area (Å²) in [6, 6.07) is 14.3. The molecule has 1 aliphatic rings. The number of H-pyrrole nitrogens is 1. The van der Waals surface area contributed by atoms with Crippen molar-refractivity contribution in [2.75, 3.05) is 14.2 Å². The molecule has 3 aromatic rings. The molecule has 0 aliphatic heterocycles. The maximum Gasteiger partial charge on any atom is 0.298 e. The summed E-state index contributed by atoms with van der Waals surface area (Å²) in [6.07, 6.45) is 8.43. The molecular weight excluding hydrogens is 340 g/mol. The minimum Gasteiger partial charge on any atom is -0.281 e. The first-order valence-electron chi connectivity index (χ1n) is 8.70. The Kier molecular flexibility index (Phi) is 4.33. The van der Waals surface area contributed by atoms with E-state index in [9.17, 15) is 4.79 Å². The molecule has 0 spiro atoms. The monoisotopic (exact) mass is 360 g/mol. The Labute approximate surface area is 157 Å². The molecule has 2 aromatic heterocycles. The van der Waals surface area contributed by atoms with Crippen LogP contribution in [0.2, 0.25) is 0 Å². The lowest BCUT2D eigenvalue weighted by molar-refractivity contribution is -0.0760. The van der Waals surface area contributed by atoms with E-state index >= 15 is 0 Å². The van der Waals surface area contributed by atoms with Gasteiger partial charge in [0, 0.05) is 42.5 Å². The van der Waals surface area contributed by atoms with E-state index in [0.717, 1.165) is 22.4 Å². The molecule has 4 rings (SSSR count). The van der Waals surface area contributed by atoms with Gasteiger partial charge < -0.3 is 0 Å². The molecule has 1 aromatic carbocycles. The molecule has 0 fully saturated rings. The van der Waals surface area contributed by atoms with Crippen LogP contribution in [-0.4, -0.2) is 40.3 Å². The van der Waals surface area contributed by atoms with Gasteiger partial charge in [-0.3, -0.25) is 19.7 Å². The number of carbonyl (C=O) groups excluding carboxylic acids is 1. The number of hydroxylamine groups is 2. The Morgan fingerprint density at radius 1 is 1.19 bits per heavy atom. The largest absolute Gasteiger partial charge is 0.298 e. The Morgan fingerprint density at radius 3 is 2.67 bits per heavy atom. The molecule has 0 saturated heterocycles. The van der Waals surface area contributed by atoms with Crippen LogP contribution in [0.3, 0.4) is 0 Å². The van der Waals surface area contributed by atoms with Gasteiger partial charge in [-0.05, 0) is 17.2 Å². The molecule has 2 heterocycles. The summed E-state index contributed by atoms with van der Waals surface area (Å²) in [5, 5.41) is 8.48. The Morgan fingerprint density at radius 2 is 1.96 bits per heavy atom. The zero-order chi connectivity index (χ0) is 18.9. The highest BCUT2D eigenvalue weighted by molar-refractivity contribution is 5.96. The predicted molar refractivity (Wildman–Crippen MR) is 102 cm³/mol. The number of nitrogens with one attached hydrogen (secondary N) is 1. The normalized spacial score (nSPS) is 18.1. The van der Waals surface area contributed by atoms with Gasteiger partial charge in [0.15, 0.2) is 5.69 Å². The fourth-order valence-corrected chi connectivity index (χ4v) is 3.58. The smallest absolute Gasteiger partial charge is 0.281 e. The van der Waals surface area contributed by atoms with Crippen molar-refractivity contribution in [3.8, 4) is 0 Å². The number of carbonyl (C=O) groups is 1. The fraction of sp³-hybridized carbons (Fsp3) is 0.190. The van der Waals surface area contributed by atoms with Gasteiger partial charge in [-0.15, -0.1) is 0 Å². The second-order valence-corrected chi connectivity index (χ2v) is 6.54. The van der Waals surface area contributed by atoms with Gasteiger partial charge in [0.25, 0.3) is 5.91 Å². The number of pyridine rings is 1. The Bertz CT molecular complexity index is 940. The average molecular weight is 360 g/mol. The number of hydrogen-bond acceptors (Lipinski definition) is 4. The molecule has 6 heteroatoms. The third-order valence-electron chi connectivity index (χ3n) is 5.10. The van der Waals surface area contributed by atoms with E-state index in [0.29, 0.717) is 12.1 Å². The third-order valence-corrected chi connectivity index (χ3v) is 5.10. The molecule has 0 radical (unpaired) electrons. The van der Waals surface area contributed by atoms with E-state index in [2.05, 4.69) is 39.5 Å². The number of nitrogens with zero attached hydrogens (tertiary/aromatic N) is 3. The van der Waals surface area contributed by atoms with E-state index in [1.165, 1.54) is 12.2 Å². The number of amides is 1. The summed E-state index contributed by atoms with van der Waals surface area (Å²) in [6.45, 7) is 0. The van der Waals surface area contributed by atoms with Crippen molar-refractivity contribution in [3.05, 3.63) is 89.0 Å². The second-order valence-electron chi connectivity index (χ2n) is 6.54. The van der Waals surface area contributed by atoms with Crippen LogP contribution in [0.1, 0.15) is 32.9 Å². The molecule has 136 valence electrons. The quantitative estimate of drug-likeness (QED) is 0.726. The molecule has 1 unspecified atom stereocenters. The van der Waals surface area contributed by atoms with Crippen molar-refractivity contribution in [1.82, 2.24) is 20.2 Å². The number of allylic oxidation sites excluding steroid dienone is 1. The Hall–Kier alpha value is -3.25. The third kappa shape index (κ3) is 2.84. The lowest BCUT2D eigenvalue weighted by Crippen LogP contribution is -2.31. The molecule has 1 aliphatic carbocycles. The van der Waals surface area contributed by atoms with Gasteiger partial charge in [-0.2, -0.15) is 5.10 Å². The van der Waals surface area contributed by atoms with Crippen molar-refractivity contribution in [3.63, 3.8) is 0 Å². The number of hydrogen-bond donors (Lipinski definition) is 1. The van der Waals surface area contributed by atoms with Gasteiger partial charge in [0.2, 0.25) is 0 Å². The van der Waals surface area contributed by atoms with E-state index in [-0.39, 0.29) is 11.3 Å². The van der Waals surface area contributed by atoms with E-state index in [1.54, 1.807) is 13.2 Å². The van der Waals surface area contributed by atoms with Crippen LogP contribution < -0.4 is 0 Å². The van der Waals surface area contributed by atoms with Crippen LogP contribution in [0.5, 0.6) is 0 Å². The van der Waals surface area contributed by atoms with Crippen molar-refractivity contribution in [1.29, 1.82) is 0 Å². The summed E-state index contributed by atoms with van der Waals surface area (Å²) >= 11 is 0. The lowest BCUT2D eigenvalue weighted by Gasteiger charge is -2.34. The predicted octanol–water partition coefficient (Wildman–Crippen LogP) is 2.99. The van der Waals surface area contributed by atoms with Crippen LogP contribution >= 0.6 is 0 Å². The topological polar surface area (TPSA) is 71.1 Å². The van der Waals surface area contributed by atoms with Gasteiger partial charge >= 0.3 is 0 Å². The van der Waals surface area contributed by atoms with Gasteiger partial charge in [0.1, 0.15) is 0 Å². The minimum atomic E-state index is -0.372. The highest BCUT2D eigenvalue weighted by Gasteiger charge is 2.37. The molecule has 1 N–H and O–H groups in total. The van der Waals surface area contributed by atoms with Crippen LogP contribution in [0, 0.1) is 0 Å². The molecule has 6 nitrogen and oxygen atoms in total. The van der Waals surface area contributed by atoms with Crippen molar-refractivity contribution < 1.29 is 9.63 Å². The molecule has 1 amide bonds. The first kappa shape index (κ1) is 17.2. The van der Waals surface area contributed by atoms with Gasteiger partial charge in [-0.1, -0.05) is 48.6 Å². The number of aromatic nitrogens is 3. The summed E-state index contributed by atoms with van der Waals surface area (Å²) in [7, 11) is 3.02. The number of aromatic amines is 1. The van der Waals surface area contributed by atoms with Crippen molar-refractivity contribution in [2.45, 2.75) is 11.8 Å². The molecule has 0 saturated carbocycles. The van der Waals surface area contributed by atoms with E-state index < -0.39 is 0 Å². The van der Waals surface area contributed by atoms with E-state index in [1.807, 2.05) is 36.5 Å². The molecular formula is C21H20N4O2. The second kappa shape index (κ2) is 6.81. The summed E-state index contributed by atoms with van der Waals surface area (Å²) < 4.78 is 0. The van der Waals surface area contributed by atoms with E-state index in [4.69, 9.17) is 4.84 Å². The van der Waals surface area contributed by atoms with Crippen LogP contribution in [0.15, 0.2) is 60.9 Å². The maximum atomic E-state index is 12.5. The molecule has 1 atom stereocenters. The minimum absolute atomic E-state index is 0.284. The number of benzene rings is 1. The first-order valence-corrected chi connectivity index (χ1v) is 8.70.